The van der Waals surface area contributed by atoms with Crippen LogP contribution in [0.4, 0.5) is 0 Å². The summed E-state index contributed by atoms with van der Waals surface area (Å²) in [6.07, 6.45) is 0.946. The Balaban J connectivity index is 1.50. The quantitative estimate of drug-likeness (QED) is 0.612. The number of hydrogen-bond acceptors (Lipinski definition) is 4. The molecule has 2 aromatic rings. The zero-order valence-electron chi connectivity index (χ0n) is 18.5. The minimum atomic E-state index is -0.0810. The van der Waals surface area contributed by atoms with E-state index in [1.807, 2.05) is 18.2 Å². The Hall–Kier alpha value is -2.05. The second-order valence-electron chi connectivity index (χ2n) is 9.44. The summed E-state index contributed by atoms with van der Waals surface area (Å²) in [7, 11) is 2.17. The van der Waals surface area contributed by atoms with Gasteiger partial charge in [0.05, 0.1) is 5.92 Å². The van der Waals surface area contributed by atoms with Gasteiger partial charge in [0.1, 0.15) is 0 Å². The minimum absolute atomic E-state index is 0.0415. The molecule has 164 valence electrons. The van der Waals surface area contributed by atoms with Crippen molar-refractivity contribution in [3.05, 3.63) is 58.1 Å². The molecule has 3 aliphatic heterocycles. The predicted octanol–water partition coefficient (Wildman–Crippen LogP) is 5.00. The van der Waals surface area contributed by atoms with Crippen LogP contribution in [-0.2, 0) is 11.3 Å². The number of rotatable bonds is 4. The maximum absolute atomic E-state index is 13.9. The van der Waals surface area contributed by atoms with Crippen molar-refractivity contribution >= 4 is 21.8 Å². The molecule has 5 rings (SSSR count). The van der Waals surface area contributed by atoms with E-state index in [1.165, 1.54) is 5.56 Å². The van der Waals surface area contributed by atoms with Crippen molar-refractivity contribution < 1.29 is 14.3 Å². The number of likely N-dealkylation sites (tertiary alicyclic amines) is 2. The van der Waals surface area contributed by atoms with Crippen LogP contribution in [0.25, 0.3) is 0 Å². The smallest absolute Gasteiger partial charge is 0.231 e. The molecule has 2 fully saturated rings. The maximum Gasteiger partial charge on any atom is 0.231 e. The van der Waals surface area contributed by atoms with Crippen LogP contribution >= 0.6 is 15.9 Å². The number of amides is 1. The van der Waals surface area contributed by atoms with Crippen molar-refractivity contribution in [2.75, 3.05) is 13.8 Å². The van der Waals surface area contributed by atoms with Gasteiger partial charge in [0, 0.05) is 34.6 Å². The number of ether oxygens (including phenoxy) is 2. The second kappa shape index (κ2) is 7.52. The molecule has 0 aromatic heterocycles. The van der Waals surface area contributed by atoms with Crippen molar-refractivity contribution in [2.45, 2.75) is 51.4 Å². The third-order valence-corrected chi connectivity index (χ3v) is 8.20. The summed E-state index contributed by atoms with van der Waals surface area (Å²) in [5.41, 5.74) is 2.21. The maximum atomic E-state index is 13.9. The highest BCUT2D eigenvalue weighted by Crippen LogP contribution is 2.56. The van der Waals surface area contributed by atoms with Gasteiger partial charge in [-0.1, -0.05) is 41.1 Å². The highest BCUT2D eigenvalue weighted by molar-refractivity contribution is 9.10. The SMILES string of the molecule is CCC1C2C(C(=O)N1Cc1ccc3c(c1)OCO3)C(c1ccc(Br)cc1)N(C)C2(C)C. The van der Waals surface area contributed by atoms with Crippen LogP contribution in [-0.4, -0.2) is 41.1 Å². The third-order valence-electron chi connectivity index (χ3n) is 7.67. The van der Waals surface area contributed by atoms with Crippen LogP contribution in [0.15, 0.2) is 46.9 Å². The molecule has 3 aliphatic rings. The molecule has 0 N–H and O–H groups in total. The largest absolute Gasteiger partial charge is 0.454 e. The van der Waals surface area contributed by atoms with Gasteiger partial charge in [-0.05, 0) is 62.7 Å². The third kappa shape index (κ3) is 3.18. The average molecular weight is 485 g/mol. The molecule has 3 heterocycles. The molecule has 0 saturated carbocycles. The molecular weight excluding hydrogens is 456 g/mol. The summed E-state index contributed by atoms with van der Waals surface area (Å²) in [6.45, 7) is 7.66. The van der Waals surface area contributed by atoms with Crippen LogP contribution in [0.5, 0.6) is 11.5 Å². The summed E-state index contributed by atoms with van der Waals surface area (Å²) in [4.78, 5) is 18.5. The van der Waals surface area contributed by atoms with Crippen LogP contribution in [0.1, 0.15) is 44.4 Å². The lowest BCUT2D eigenvalue weighted by atomic mass is 9.77. The Kier molecular flexibility index (Phi) is 5.05. The van der Waals surface area contributed by atoms with Gasteiger partial charge >= 0.3 is 0 Å². The fraction of sp³-hybridized carbons (Fsp3) is 0.480. The minimum Gasteiger partial charge on any atom is -0.454 e. The molecule has 0 bridgehead atoms. The molecule has 2 aromatic carbocycles. The molecule has 0 spiro atoms. The summed E-state index contributed by atoms with van der Waals surface area (Å²) in [6, 6.07) is 14.7. The first-order chi connectivity index (χ1) is 14.8. The molecule has 4 atom stereocenters. The van der Waals surface area contributed by atoms with Crippen LogP contribution in [0.3, 0.4) is 0 Å². The highest BCUT2D eigenvalue weighted by Gasteiger charge is 2.63. The first-order valence-electron chi connectivity index (χ1n) is 11.0. The molecule has 31 heavy (non-hydrogen) atoms. The average Bonchev–Trinajstić information content (AvgIpc) is 3.38. The Labute approximate surface area is 192 Å². The molecule has 2 saturated heterocycles. The number of hydrogen-bond donors (Lipinski definition) is 0. The van der Waals surface area contributed by atoms with Gasteiger partial charge in [-0.15, -0.1) is 0 Å². The van der Waals surface area contributed by atoms with Crippen molar-refractivity contribution in [1.29, 1.82) is 0 Å². The number of halogens is 1. The van der Waals surface area contributed by atoms with Crippen LogP contribution < -0.4 is 9.47 Å². The number of nitrogens with zero attached hydrogens (tertiary/aromatic N) is 2. The van der Waals surface area contributed by atoms with E-state index in [-0.39, 0.29) is 42.2 Å². The molecule has 1 amide bonds. The van der Waals surface area contributed by atoms with E-state index in [0.717, 1.165) is 28.0 Å². The molecular formula is C25H29BrN2O3. The summed E-state index contributed by atoms with van der Waals surface area (Å²) in [5, 5.41) is 0. The Morgan fingerprint density at radius 1 is 1.10 bits per heavy atom. The van der Waals surface area contributed by atoms with E-state index in [1.54, 1.807) is 0 Å². The molecule has 4 unspecified atom stereocenters. The van der Waals surface area contributed by atoms with E-state index >= 15 is 0 Å². The fourth-order valence-electron chi connectivity index (χ4n) is 6.01. The lowest BCUT2D eigenvalue weighted by Gasteiger charge is -2.40. The number of carbonyl (C=O) groups is 1. The Morgan fingerprint density at radius 2 is 1.81 bits per heavy atom. The zero-order chi connectivity index (χ0) is 21.9. The van der Waals surface area contributed by atoms with Crippen molar-refractivity contribution in [3.63, 3.8) is 0 Å². The summed E-state index contributed by atoms with van der Waals surface area (Å²) < 4.78 is 12.1. The van der Waals surface area contributed by atoms with Gasteiger partial charge in [0.2, 0.25) is 12.7 Å². The highest BCUT2D eigenvalue weighted by atomic mass is 79.9. The molecule has 0 aliphatic carbocycles. The van der Waals surface area contributed by atoms with Gasteiger partial charge in [0.25, 0.3) is 0 Å². The number of benzene rings is 2. The van der Waals surface area contributed by atoms with Gasteiger partial charge < -0.3 is 14.4 Å². The first-order valence-corrected chi connectivity index (χ1v) is 11.8. The van der Waals surface area contributed by atoms with Gasteiger partial charge in [0.15, 0.2) is 11.5 Å². The lowest BCUT2D eigenvalue weighted by Crippen LogP contribution is -2.48. The predicted molar refractivity (Wildman–Crippen MR) is 123 cm³/mol. The zero-order valence-corrected chi connectivity index (χ0v) is 20.1. The van der Waals surface area contributed by atoms with Crippen molar-refractivity contribution in [3.8, 4) is 11.5 Å². The normalized spacial score (nSPS) is 28.9. The Bertz CT molecular complexity index is 1010. The van der Waals surface area contributed by atoms with E-state index < -0.39 is 0 Å². The van der Waals surface area contributed by atoms with Gasteiger partial charge in [-0.2, -0.15) is 0 Å². The lowest BCUT2D eigenvalue weighted by molar-refractivity contribution is -0.134. The van der Waals surface area contributed by atoms with Crippen molar-refractivity contribution in [2.24, 2.45) is 11.8 Å². The summed E-state index contributed by atoms with van der Waals surface area (Å²) >= 11 is 3.54. The standard InChI is InChI=1S/C25H29BrN2O3/c1-5-18-22-21(23(27(4)25(22,2)3)16-7-9-17(26)10-8-16)24(29)28(18)13-15-6-11-19-20(12-15)31-14-30-19/h6-12,18,21-23H,5,13-14H2,1-4H3. The van der Waals surface area contributed by atoms with Crippen molar-refractivity contribution in [1.82, 2.24) is 9.80 Å². The topological polar surface area (TPSA) is 42.0 Å². The first kappa shape index (κ1) is 20.8. The van der Waals surface area contributed by atoms with Crippen LogP contribution in [0, 0.1) is 11.8 Å². The Morgan fingerprint density at radius 3 is 2.52 bits per heavy atom. The van der Waals surface area contributed by atoms with Gasteiger partial charge in [-0.25, -0.2) is 0 Å². The van der Waals surface area contributed by atoms with E-state index in [0.29, 0.717) is 6.54 Å². The molecule has 0 radical (unpaired) electrons. The van der Waals surface area contributed by atoms with Crippen LogP contribution in [0.2, 0.25) is 0 Å². The van der Waals surface area contributed by atoms with Gasteiger partial charge in [-0.3, -0.25) is 9.69 Å². The summed E-state index contributed by atoms with van der Waals surface area (Å²) in [5.74, 6) is 2.04. The number of fused-ring (bicyclic) bond motifs is 2. The van der Waals surface area contributed by atoms with E-state index in [4.69, 9.17) is 9.47 Å². The molecule has 5 nitrogen and oxygen atoms in total. The van der Waals surface area contributed by atoms with E-state index in [9.17, 15) is 4.79 Å². The molecule has 6 heteroatoms. The fourth-order valence-corrected chi connectivity index (χ4v) is 6.28. The monoisotopic (exact) mass is 484 g/mol. The second-order valence-corrected chi connectivity index (χ2v) is 10.4. The number of carbonyl (C=O) groups excluding carboxylic acids is 1. The van der Waals surface area contributed by atoms with E-state index in [2.05, 4.69) is 77.8 Å².